The lowest BCUT2D eigenvalue weighted by molar-refractivity contribution is 0.106. The second-order valence-corrected chi connectivity index (χ2v) is 7.59. The Labute approximate surface area is 139 Å². The van der Waals surface area contributed by atoms with Gasteiger partial charge in [-0.05, 0) is 36.5 Å². The molecule has 1 N–H and O–H groups in total. The van der Waals surface area contributed by atoms with Crippen LogP contribution in [-0.2, 0) is 20.5 Å². The number of likely N-dealkylation sites (tertiary alicyclic amines) is 1. The summed E-state index contributed by atoms with van der Waals surface area (Å²) in [6, 6.07) is 2.69. The molecule has 0 saturated carbocycles. The first-order valence-corrected chi connectivity index (χ1v) is 9.19. The molecule has 9 heteroatoms. The first kappa shape index (κ1) is 18.6. The van der Waals surface area contributed by atoms with E-state index in [0.717, 1.165) is 12.1 Å². The topological polar surface area (TPSA) is 75.7 Å². The average Bonchev–Trinajstić information content (AvgIpc) is 2.51. The predicted molar refractivity (Wildman–Crippen MR) is 83.7 cm³/mol. The molecular weight excluding hydrogens is 342 g/mol. The first-order valence-electron chi connectivity index (χ1n) is 7.54. The van der Waals surface area contributed by atoms with Crippen LogP contribution < -0.4 is 4.72 Å². The van der Waals surface area contributed by atoms with Crippen molar-refractivity contribution in [1.29, 1.82) is 0 Å². The summed E-state index contributed by atoms with van der Waals surface area (Å²) < 4.78 is 57.4. The number of nitrogens with zero attached hydrogens (tertiary/aromatic N) is 1. The maximum atomic E-state index is 13.1. The number of carbonyl (C=O) groups excluding carboxylic acids is 1. The lowest BCUT2D eigenvalue weighted by atomic mass is 9.97. The molecule has 0 atom stereocenters. The van der Waals surface area contributed by atoms with Crippen LogP contribution in [0.3, 0.4) is 0 Å². The quantitative estimate of drug-likeness (QED) is 0.868. The Morgan fingerprint density at radius 3 is 2.38 bits per heavy atom. The summed E-state index contributed by atoms with van der Waals surface area (Å²) in [6.07, 6.45) is 0.931. The largest absolute Gasteiger partial charge is 0.453 e. The van der Waals surface area contributed by atoms with E-state index in [0.29, 0.717) is 32.0 Å². The van der Waals surface area contributed by atoms with Gasteiger partial charge in [-0.3, -0.25) is 0 Å². The van der Waals surface area contributed by atoms with E-state index in [1.165, 1.54) is 7.11 Å². The minimum atomic E-state index is -3.69. The van der Waals surface area contributed by atoms with Crippen LogP contribution in [0.5, 0.6) is 0 Å². The Morgan fingerprint density at radius 2 is 1.83 bits per heavy atom. The van der Waals surface area contributed by atoms with Crippen LogP contribution in [0.15, 0.2) is 18.2 Å². The molecule has 2 rings (SSSR count). The summed E-state index contributed by atoms with van der Waals surface area (Å²) in [5.74, 6) is -2.00. The lowest BCUT2D eigenvalue weighted by Gasteiger charge is -2.30. The Bertz CT molecular complexity index is 668. The summed E-state index contributed by atoms with van der Waals surface area (Å²) >= 11 is 0. The molecule has 0 radical (unpaired) electrons. The van der Waals surface area contributed by atoms with Crippen LogP contribution >= 0.6 is 0 Å². The van der Waals surface area contributed by atoms with E-state index in [1.807, 2.05) is 0 Å². The summed E-state index contributed by atoms with van der Waals surface area (Å²) in [7, 11) is -2.37. The number of sulfonamides is 1. The molecule has 1 aromatic rings. The Morgan fingerprint density at radius 1 is 1.25 bits per heavy atom. The minimum absolute atomic E-state index is 0.0560. The summed E-state index contributed by atoms with van der Waals surface area (Å²) in [5, 5.41) is 0. The monoisotopic (exact) mass is 362 g/mol. The van der Waals surface area contributed by atoms with E-state index in [9.17, 15) is 22.0 Å². The average molecular weight is 362 g/mol. The number of hydrogen-bond donors (Lipinski definition) is 1. The third-order valence-electron chi connectivity index (χ3n) is 3.92. The summed E-state index contributed by atoms with van der Waals surface area (Å²) in [4.78, 5) is 12.9. The second-order valence-electron chi connectivity index (χ2n) is 5.79. The third-order valence-corrected chi connectivity index (χ3v) is 5.24. The van der Waals surface area contributed by atoms with Crippen LogP contribution in [0.2, 0.25) is 0 Å². The number of ether oxygens (including phenoxy) is 1. The Balaban J connectivity index is 1.84. The first-order chi connectivity index (χ1) is 11.3. The van der Waals surface area contributed by atoms with Crippen molar-refractivity contribution in [2.45, 2.75) is 18.6 Å². The molecule has 0 aliphatic carbocycles. The summed E-state index contributed by atoms with van der Waals surface area (Å²) in [5.41, 5.74) is 0.0560. The van der Waals surface area contributed by atoms with Crippen molar-refractivity contribution in [2.75, 3.05) is 26.7 Å². The molecule has 1 aromatic carbocycles. The number of methoxy groups -OCH3 is 1. The molecule has 0 unspecified atom stereocenters. The third kappa shape index (κ3) is 5.41. The van der Waals surface area contributed by atoms with E-state index in [4.69, 9.17) is 0 Å². The van der Waals surface area contributed by atoms with Gasteiger partial charge < -0.3 is 9.64 Å². The standard InChI is InChI=1S/C15H20F2N2O4S/c1-23-15(20)19-4-2-11(3-5-19)9-18-24(21,22)10-12-6-13(16)8-14(17)7-12/h6-8,11,18H,2-5,9-10H2,1H3. The van der Waals surface area contributed by atoms with Gasteiger partial charge in [0.1, 0.15) is 11.6 Å². The highest BCUT2D eigenvalue weighted by molar-refractivity contribution is 7.88. The highest BCUT2D eigenvalue weighted by Gasteiger charge is 2.24. The Kier molecular flexibility index (Phi) is 6.11. The molecule has 24 heavy (non-hydrogen) atoms. The second kappa shape index (κ2) is 7.89. The van der Waals surface area contributed by atoms with Crippen LogP contribution in [0.4, 0.5) is 13.6 Å². The fourth-order valence-corrected chi connectivity index (χ4v) is 3.86. The SMILES string of the molecule is COC(=O)N1CCC(CNS(=O)(=O)Cc2cc(F)cc(F)c2)CC1. The van der Waals surface area contributed by atoms with Crippen LogP contribution in [0, 0.1) is 17.6 Å². The van der Waals surface area contributed by atoms with Crippen molar-refractivity contribution in [3.63, 3.8) is 0 Å². The molecule has 1 aliphatic heterocycles. The number of piperidine rings is 1. The molecule has 6 nitrogen and oxygen atoms in total. The normalized spacial score (nSPS) is 16.2. The van der Waals surface area contributed by atoms with Crippen molar-refractivity contribution >= 4 is 16.1 Å². The molecular formula is C15H20F2N2O4S. The van der Waals surface area contributed by atoms with Crippen molar-refractivity contribution in [3.8, 4) is 0 Å². The van der Waals surface area contributed by atoms with Crippen LogP contribution in [-0.4, -0.2) is 46.2 Å². The highest BCUT2D eigenvalue weighted by atomic mass is 32.2. The number of nitrogens with one attached hydrogen (secondary N) is 1. The molecule has 134 valence electrons. The van der Waals surface area contributed by atoms with E-state index in [2.05, 4.69) is 9.46 Å². The van der Waals surface area contributed by atoms with Gasteiger partial charge in [0.15, 0.2) is 0 Å². The number of rotatable bonds is 5. The summed E-state index contributed by atoms with van der Waals surface area (Å²) in [6.45, 7) is 1.25. The molecule has 1 saturated heterocycles. The van der Waals surface area contributed by atoms with Crippen LogP contribution in [0.25, 0.3) is 0 Å². The zero-order valence-electron chi connectivity index (χ0n) is 13.3. The fraction of sp³-hybridized carbons (Fsp3) is 0.533. The van der Waals surface area contributed by atoms with Gasteiger partial charge in [0.2, 0.25) is 10.0 Å². The van der Waals surface area contributed by atoms with E-state index in [1.54, 1.807) is 4.90 Å². The molecule has 0 aromatic heterocycles. The van der Waals surface area contributed by atoms with E-state index < -0.39 is 27.4 Å². The fourth-order valence-electron chi connectivity index (χ4n) is 2.66. The number of carbonyl (C=O) groups is 1. The van der Waals surface area contributed by atoms with E-state index >= 15 is 0 Å². The van der Waals surface area contributed by atoms with Gasteiger partial charge in [0.05, 0.1) is 12.9 Å². The molecule has 1 aliphatic rings. The predicted octanol–water partition coefficient (Wildman–Crippen LogP) is 1.86. The van der Waals surface area contributed by atoms with Gasteiger partial charge in [0, 0.05) is 25.7 Å². The van der Waals surface area contributed by atoms with Gasteiger partial charge in [0.25, 0.3) is 0 Å². The molecule has 1 heterocycles. The van der Waals surface area contributed by atoms with Crippen molar-refractivity contribution < 1.29 is 26.7 Å². The zero-order chi connectivity index (χ0) is 17.7. The molecule has 0 bridgehead atoms. The molecule has 0 spiro atoms. The molecule has 1 amide bonds. The highest BCUT2D eigenvalue weighted by Crippen LogP contribution is 2.18. The number of benzene rings is 1. The van der Waals surface area contributed by atoms with Crippen molar-refractivity contribution in [3.05, 3.63) is 35.4 Å². The van der Waals surface area contributed by atoms with Gasteiger partial charge in [-0.2, -0.15) is 0 Å². The maximum absolute atomic E-state index is 13.1. The molecule has 1 fully saturated rings. The maximum Gasteiger partial charge on any atom is 0.409 e. The number of halogens is 2. The van der Waals surface area contributed by atoms with Gasteiger partial charge in [-0.25, -0.2) is 26.7 Å². The smallest absolute Gasteiger partial charge is 0.409 e. The van der Waals surface area contributed by atoms with E-state index in [-0.39, 0.29) is 24.1 Å². The van der Waals surface area contributed by atoms with Crippen LogP contribution in [0.1, 0.15) is 18.4 Å². The van der Waals surface area contributed by atoms with Gasteiger partial charge in [-0.15, -0.1) is 0 Å². The number of hydrogen-bond acceptors (Lipinski definition) is 4. The lowest BCUT2D eigenvalue weighted by Crippen LogP contribution is -2.41. The van der Waals surface area contributed by atoms with Crippen molar-refractivity contribution in [1.82, 2.24) is 9.62 Å². The Hall–Kier alpha value is -1.74. The van der Waals surface area contributed by atoms with Gasteiger partial charge in [-0.1, -0.05) is 0 Å². The van der Waals surface area contributed by atoms with Crippen molar-refractivity contribution in [2.24, 2.45) is 5.92 Å². The minimum Gasteiger partial charge on any atom is -0.453 e. The zero-order valence-corrected chi connectivity index (χ0v) is 14.1. The number of amides is 1. The van der Waals surface area contributed by atoms with Gasteiger partial charge >= 0.3 is 6.09 Å².